The zero-order chi connectivity index (χ0) is 16.5. The minimum atomic E-state index is -3.15. The first-order valence-corrected chi connectivity index (χ1v) is 7.59. The van der Waals surface area contributed by atoms with Gasteiger partial charge in [0.15, 0.2) is 9.91 Å². The Morgan fingerprint density at radius 3 is 2.59 bits per heavy atom. The van der Waals surface area contributed by atoms with Crippen LogP contribution in [0.5, 0.6) is 5.75 Å². The Balaban J connectivity index is 2.26. The van der Waals surface area contributed by atoms with Gasteiger partial charge in [-0.05, 0) is 19.9 Å². The van der Waals surface area contributed by atoms with Crippen molar-refractivity contribution in [2.24, 2.45) is 4.99 Å². The summed E-state index contributed by atoms with van der Waals surface area (Å²) in [7, 11) is 1.56. The molecule has 1 saturated heterocycles. The van der Waals surface area contributed by atoms with E-state index in [2.05, 4.69) is 10.3 Å². The maximum Gasteiger partial charge on any atom is 0.268 e. The van der Waals surface area contributed by atoms with E-state index >= 15 is 0 Å². The predicted octanol–water partition coefficient (Wildman–Crippen LogP) is 3.39. The van der Waals surface area contributed by atoms with E-state index in [1.165, 1.54) is 6.92 Å². The Morgan fingerprint density at radius 2 is 2.05 bits per heavy atom. The van der Waals surface area contributed by atoms with E-state index < -0.39 is 16.6 Å². The molecule has 1 aromatic carbocycles. The number of alkyl halides is 2. The predicted molar refractivity (Wildman–Crippen MR) is 83.6 cm³/mol. The topological polar surface area (TPSA) is 50.7 Å². The summed E-state index contributed by atoms with van der Waals surface area (Å²) in [4.78, 5) is 16.2. The first-order chi connectivity index (χ1) is 10.2. The quantitative estimate of drug-likeness (QED) is 0.922. The van der Waals surface area contributed by atoms with Crippen molar-refractivity contribution in [3.63, 3.8) is 0 Å². The van der Waals surface area contributed by atoms with Crippen molar-refractivity contribution < 1.29 is 18.3 Å². The standard InChI is InChI=1S/C15H18F2N2O2S/c1-9(10-7-5-6-8-11(10)21-4)18-13-19-12(20)14(2,22-13)15(3,16)17/h5-9H,1-4H3,(H,18,19,20)/t9-,14?/m0/s1. The van der Waals surface area contributed by atoms with E-state index in [1.807, 2.05) is 25.1 Å². The number of ether oxygens (including phenoxy) is 1. The lowest BCUT2D eigenvalue weighted by Gasteiger charge is -2.25. The van der Waals surface area contributed by atoms with Crippen LogP contribution in [-0.2, 0) is 4.79 Å². The van der Waals surface area contributed by atoms with Gasteiger partial charge in [-0.25, -0.2) is 8.78 Å². The van der Waals surface area contributed by atoms with Gasteiger partial charge in [-0.15, -0.1) is 0 Å². The molecule has 1 fully saturated rings. The van der Waals surface area contributed by atoms with Crippen LogP contribution in [0.1, 0.15) is 32.4 Å². The Morgan fingerprint density at radius 1 is 1.41 bits per heavy atom. The van der Waals surface area contributed by atoms with Crippen LogP contribution in [-0.4, -0.2) is 28.9 Å². The van der Waals surface area contributed by atoms with E-state index in [9.17, 15) is 13.6 Å². The number of hydrogen-bond donors (Lipinski definition) is 1. The van der Waals surface area contributed by atoms with Gasteiger partial charge in [0, 0.05) is 12.5 Å². The molecule has 1 heterocycles. The molecule has 1 aliphatic rings. The van der Waals surface area contributed by atoms with Crippen LogP contribution in [0.3, 0.4) is 0 Å². The van der Waals surface area contributed by atoms with E-state index in [-0.39, 0.29) is 11.2 Å². The zero-order valence-corrected chi connectivity index (χ0v) is 13.6. The van der Waals surface area contributed by atoms with Crippen molar-refractivity contribution in [3.8, 4) is 5.75 Å². The van der Waals surface area contributed by atoms with Gasteiger partial charge < -0.3 is 10.1 Å². The molecular formula is C15H18F2N2O2S. The minimum absolute atomic E-state index is 0.201. The average molecular weight is 328 g/mol. The maximum absolute atomic E-state index is 13.7. The first kappa shape index (κ1) is 16.7. The van der Waals surface area contributed by atoms with Crippen LogP contribution in [0.15, 0.2) is 29.3 Å². The third-order valence-corrected chi connectivity index (χ3v) is 5.05. The molecule has 1 aliphatic heterocycles. The third-order valence-electron chi connectivity index (χ3n) is 3.69. The highest BCUT2D eigenvalue weighted by Crippen LogP contribution is 2.44. The summed E-state index contributed by atoms with van der Waals surface area (Å²) in [5.74, 6) is -3.21. The van der Waals surface area contributed by atoms with Crippen LogP contribution < -0.4 is 10.1 Å². The molecule has 2 atom stereocenters. The number of rotatable bonds is 4. The van der Waals surface area contributed by atoms with Crippen molar-refractivity contribution in [2.45, 2.75) is 37.5 Å². The van der Waals surface area contributed by atoms with Crippen molar-refractivity contribution >= 4 is 22.8 Å². The van der Waals surface area contributed by atoms with Gasteiger partial charge >= 0.3 is 0 Å². The summed E-state index contributed by atoms with van der Waals surface area (Å²) in [6.07, 6.45) is 0. The summed E-state index contributed by atoms with van der Waals surface area (Å²) in [6.45, 7) is 3.78. The number of amidine groups is 1. The number of thioether (sulfide) groups is 1. The van der Waals surface area contributed by atoms with Crippen LogP contribution in [0.4, 0.5) is 8.78 Å². The van der Waals surface area contributed by atoms with Gasteiger partial charge in [0.1, 0.15) is 5.75 Å². The van der Waals surface area contributed by atoms with Gasteiger partial charge in [-0.3, -0.25) is 9.79 Å². The lowest BCUT2D eigenvalue weighted by molar-refractivity contribution is -0.129. The maximum atomic E-state index is 13.7. The molecule has 0 aliphatic carbocycles. The SMILES string of the molecule is COc1ccccc1[C@H](C)N=C1NC(=O)C(C)(C(C)(F)F)S1. The zero-order valence-electron chi connectivity index (χ0n) is 12.8. The molecule has 1 aromatic rings. The molecule has 0 spiro atoms. The Kier molecular flexibility index (Phi) is 4.47. The highest BCUT2D eigenvalue weighted by molar-refractivity contribution is 8.16. The molecule has 1 unspecified atom stereocenters. The van der Waals surface area contributed by atoms with Crippen molar-refractivity contribution in [2.75, 3.05) is 7.11 Å². The summed E-state index contributed by atoms with van der Waals surface area (Å²) in [6, 6.07) is 7.01. The van der Waals surface area contributed by atoms with Crippen molar-refractivity contribution in [3.05, 3.63) is 29.8 Å². The molecule has 4 nitrogen and oxygen atoms in total. The number of aliphatic imine (C=N–C) groups is 1. The number of amides is 1. The van der Waals surface area contributed by atoms with E-state index in [0.29, 0.717) is 5.75 Å². The number of hydrogen-bond acceptors (Lipinski definition) is 4. The number of halogens is 2. The molecular weight excluding hydrogens is 310 g/mol. The second-order valence-corrected chi connectivity index (χ2v) is 6.74. The van der Waals surface area contributed by atoms with Gasteiger partial charge in [0.05, 0.1) is 13.2 Å². The van der Waals surface area contributed by atoms with Crippen LogP contribution in [0, 0.1) is 0 Å². The van der Waals surface area contributed by atoms with Gasteiger partial charge in [-0.1, -0.05) is 30.0 Å². The number of methoxy groups -OCH3 is 1. The minimum Gasteiger partial charge on any atom is -0.496 e. The van der Waals surface area contributed by atoms with Crippen LogP contribution in [0.25, 0.3) is 0 Å². The molecule has 120 valence electrons. The van der Waals surface area contributed by atoms with E-state index in [1.54, 1.807) is 13.2 Å². The molecule has 0 bridgehead atoms. The average Bonchev–Trinajstić information content (AvgIpc) is 2.74. The largest absolute Gasteiger partial charge is 0.496 e. The van der Waals surface area contributed by atoms with Crippen molar-refractivity contribution in [1.29, 1.82) is 0 Å². The molecule has 1 amide bonds. The molecule has 1 N–H and O–H groups in total. The third kappa shape index (κ3) is 2.95. The van der Waals surface area contributed by atoms with E-state index in [0.717, 1.165) is 24.2 Å². The number of nitrogens with zero attached hydrogens (tertiary/aromatic N) is 1. The lowest BCUT2D eigenvalue weighted by Crippen LogP contribution is -2.47. The monoisotopic (exact) mass is 328 g/mol. The number of carbonyl (C=O) groups is 1. The summed E-state index contributed by atoms with van der Waals surface area (Å²) >= 11 is 0.763. The molecule has 2 rings (SSSR count). The number of para-hydroxylation sites is 1. The first-order valence-electron chi connectivity index (χ1n) is 6.78. The Labute approximate surface area is 132 Å². The summed E-state index contributed by atoms with van der Waals surface area (Å²) in [5, 5.41) is 2.64. The molecule has 0 aromatic heterocycles. The fourth-order valence-electron chi connectivity index (χ4n) is 2.09. The number of carbonyl (C=O) groups excluding carboxylic acids is 1. The highest BCUT2D eigenvalue weighted by atomic mass is 32.2. The summed E-state index contributed by atoms with van der Waals surface area (Å²) in [5.41, 5.74) is 0.823. The normalized spacial score (nSPS) is 25.2. The Hall–Kier alpha value is -1.63. The van der Waals surface area contributed by atoms with Gasteiger partial charge in [-0.2, -0.15) is 0 Å². The second-order valence-electron chi connectivity index (χ2n) is 5.33. The second kappa shape index (κ2) is 5.87. The summed E-state index contributed by atoms with van der Waals surface area (Å²) < 4.78 is 30.7. The van der Waals surface area contributed by atoms with Crippen molar-refractivity contribution in [1.82, 2.24) is 5.32 Å². The molecule has 0 saturated carbocycles. The van der Waals surface area contributed by atoms with Crippen LogP contribution >= 0.6 is 11.8 Å². The molecule has 0 radical (unpaired) electrons. The Bertz CT molecular complexity index is 616. The van der Waals surface area contributed by atoms with Gasteiger partial charge in [0.25, 0.3) is 5.92 Å². The van der Waals surface area contributed by atoms with E-state index in [4.69, 9.17) is 4.74 Å². The highest BCUT2D eigenvalue weighted by Gasteiger charge is 2.57. The fraction of sp³-hybridized carbons (Fsp3) is 0.467. The lowest BCUT2D eigenvalue weighted by atomic mass is 10.0. The fourth-order valence-corrected chi connectivity index (χ4v) is 3.15. The molecule has 7 heteroatoms. The molecule has 22 heavy (non-hydrogen) atoms. The smallest absolute Gasteiger partial charge is 0.268 e. The number of nitrogens with one attached hydrogen (secondary N) is 1. The number of benzene rings is 1. The van der Waals surface area contributed by atoms with Crippen LogP contribution in [0.2, 0.25) is 0 Å². The van der Waals surface area contributed by atoms with Gasteiger partial charge in [0.2, 0.25) is 5.91 Å².